The number of hydrogen-bond donors (Lipinski definition) is 1. The molecule has 3 rings (SSSR count). The zero-order chi connectivity index (χ0) is 16.6. The summed E-state index contributed by atoms with van der Waals surface area (Å²) in [5, 5.41) is 0. The summed E-state index contributed by atoms with van der Waals surface area (Å²) in [7, 11) is 3.09. The number of ether oxygens (including phenoxy) is 2. The molecule has 5 nitrogen and oxygen atoms in total. The van der Waals surface area contributed by atoms with Crippen LogP contribution < -0.4 is 20.1 Å². The lowest BCUT2D eigenvalue weighted by Crippen LogP contribution is -2.63. The Morgan fingerprint density at radius 3 is 2.48 bits per heavy atom. The first-order chi connectivity index (χ1) is 11.1. The highest BCUT2D eigenvalue weighted by Crippen LogP contribution is 2.40. The summed E-state index contributed by atoms with van der Waals surface area (Å²) in [6.07, 6.45) is 0. The number of methoxy groups -OCH3 is 2. The number of carbonyl (C=O) groups is 1. The highest BCUT2D eigenvalue weighted by molar-refractivity contribution is 6.05. The first kappa shape index (κ1) is 15.3. The van der Waals surface area contributed by atoms with Crippen LogP contribution in [0.3, 0.4) is 0 Å². The molecule has 23 heavy (non-hydrogen) atoms. The van der Waals surface area contributed by atoms with E-state index in [2.05, 4.69) is 0 Å². The molecule has 0 bridgehead atoms. The molecule has 0 unspecified atom stereocenters. The highest BCUT2D eigenvalue weighted by atomic mass is 19.1. The van der Waals surface area contributed by atoms with Crippen LogP contribution in [0.4, 0.5) is 10.1 Å². The van der Waals surface area contributed by atoms with Crippen molar-refractivity contribution in [1.29, 1.82) is 0 Å². The predicted molar refractivity (Wildman–Crippen MR) is 84.1 cm³/mol. The molecule has 2 N–H and O–H groups in total. The number of nitrogens with zero attached hydrogens (tertiary/aromatic N) is 1. The fourth-order valence-electron chi connectivity index (χ4n) is 2.82. The van der Waals surface area contributed by atoms with Crippen LogP contribution in [0.15, 0.2) is 42.5 Å². The van der Waals surface area contributed by atoms with Gasteiger partial charge < -0.3 is 20.1 Å². The van der Waals surface area contributed by atoms with Gasteiger partial charge in [-0.25, -0.2) is 4.39 Å². The molecule has 2 aromatic carbocycles. The van der Waals surface area contributed by atoms with Crippen molar-refractivity contribution in [3.05, 3.63) is 53.8 Å². The summed E-state index contributed by atoms with van der Waals surface area (Å²) < 4.78 is 24.0. The van der Waals surface area contributed by atoms with E-state index in [4.69, 9.17) is 15.2 Å². The van der Waals surface area contributed by atoms with Crippen molar-refractivity contribution in [3.8, 4) is 11.5 Å². The largest absolute Gasteiger partial charge is 0.493 e. The SMILES string of the molecule is COc1ccc([C@H]2[C@H](N)C(=O)N2c2cccc(F)c2)cc1OC. The van der Waals surface area contributed by atoms with Gasteiger partial charge in [0.25, 0.3) is 0 Å². The molecule has 1 heterocycles. The summed E-state index contributed by atoms with van der Waals surface area (Å²) in [5.41, 5.74) is 7.26. The van der Waals surface area contributed by atoms with Gasteiger partial charge in [0.1, 0.15) is 11.9 Å². The number of hydrogen-bond acceptors (Lipinski definition) is 4. The maximum Gasteiger partial charge on any atom is 0.247 e. The highest BCUT2D eigenvalue weighted by Gasteiger charge is 2.46. The second-order valence-corrected chi connectivity index (χ2v) is 5.27. The minimum absolute atomic E-state index is 0.240. The van der Waals surface area contributed by atoms with E-state index in [1.54, 1.807) is 31.4 Å². The number of β-lactam (4-membered cyclic amide) rings is 1. The molecule has 2 aromatic rings. The van der Waals surface area contributed by atoms with Gasteiger partial charge in [-0.2, -0.15) is 0 Å². The van der Waals surface area contributed by atoms with E-state index in [1.165, 1.54) is 24.1 Å². The van der Waals surface area contributed by atoms with Gasteiger partial charge in [0, 0.05) is 5.69 Å². The van der Waals surface area contributed by atoms with Crippen molar-refractivity contribution in [3.63, 3.8) is 0 Å². The van der Waals surface area contributed by atoms with Gasteiger partial charge >= 0.3 is 0 Å². The van der Waals surface area contributed by atoms with Crippen molar-refractivity contribution in [2.75, 3.05) is 19.1 Å². The fourth-order valence-corrected chi connectivity index (χ4v) is 2.82. The fraction of sp³-hybridized carbons (Fsp3) is 0.235. The summed E-state index contributed by atoms with van der Waals surface area (Å²) in [6.45, 7) is 0. The number of benzene rings is 2. The number of rotatable bonds is 4. The lowest BCUT2D eigenvalue weighted by atomic mass is 9.88. The first-order valence-corrected chi connectivity index (χ1v) is 7.13. The Bertz CT molecular complexity index is 750. The monoisotopic (exact) mass is 316 g/mol. The quantitative estimate of drug-likeness (QED) is 0.879. The Labute approximate surface area is 133 Å². The van der Waals surface area contributed by atoms with E-state index in [0.717, 1.165) is 5.56 Å². The zero-order valence-electron chi connectivity index (χ0n) is 12.8. The molecule has 120 valence electrons. The topological polar surface area (TPSA) is 64.8 Å². The van der Waals surface area contributed by atoms with Crippen molar-refractivity contribution in [2.45, 2.75) is 12.1 Å². The van der Waals surface area contributed by atoms with Gasteiger partial charge in [0.15, 0.2) is 11.5 Å². The molecule has 1 fully saturated rings. The molecular formula is C17H17FN2O3. The van der Waals surface area contributed by atoms with E-state index in [-0.39, 0.29) is 11.9 Å². The molecule has 0 spiro atoms. The second-order valence-electron chi connectivity index (χ2n) is 5.27. The molecule has 1 aliphatic heterocycles. The van der Waals surface area contributed by atoms with Crippen LogP contribution in [0.25, 0.3) is 0 Å². The Morgan fingerprint density at radius 1 is 1.09 bits per heavy atom. The van der Waals surface area contributed by atoms with E-state index in [0.29, 0.717) is 17.2 Å². The van der Waals surface area contributed by atoms with E-state index in [1.807, 2.05) is 6.07 Å². The van der Waals surface area contributed by atoms with Gasteiger partial charge in [-0.15, -0.1) is 0 Å². The molecule has 2 atom stereocenters. The average Bonchev–Trinajstić information content (AvgIpc) is 2.58. The summed E-state index contributed by atoms with van der Waals surface area (Å²) in [6, 6.07) is 10.2. The zero-order valence-corrected chi connectivity index (χ0v) is 12.8. The molecular weight excluding hydrogens is 299 g/mol. The minimum atomic E-state index is -0.670. The number of amides is 1. The third kappa shape index (κ3) is 2.51. The molecule has 0 radical (unpaired) electrons. The van der Waals surface area contributed by atoms with Gasteiger partial charge in [-0.3, -0.25) is 4.79 Å². The van der Waals surface area contributed by atoms with E-state index in [9.17, 15) is 9.18 Å². The van der Waals surface area contributed by atoms with E-state index >= 15 is 0 Å². The molecule has 1 saturated heterocycles. The Balaban J connectivity index is 1.99. The van der Waals surface area contributed by atoms with Crippen LogP contribution in [0, 0.1) is 5.82 Å². The number of anilines is 1. The van der Waals surface area contributed by atoms with Crippen LogP contribution in [0.2, 0.25) is 0 Å². The van der Waals surface area contributed by atoms with Gasteiger partial charge in [0.05, 0.1) is 20.3 Å². The second kappa shape index (κ2) is 5.89. The van der Waals surface area contributed by atoms with Crippen molar-refractivity contribution in [2.24, 2.45) is 5.73 Å². The van der Waals surface area contributed by atoms with Crippen LogP contribution in [-0.4, -0.2) is 26.2 Å². The first-order valence-electron chi connectivity index (χ1n) is 7.13. The van der Waals surface area contributed by atoms with Crippen molar-refractivity contribution in [1.82, 2.24) is 0 Å². The molecule has 0 aliphatic carbocycles. The Kier molecular flexibility index (Phi) is 3.92. The normalized spacial score (nSPS) is 20.2. The average molecular weight is 316 g/mol. The third-order valence-corrected chi connectivity index (χ3v) is 3.98. The van der Waals surface area contributed by atoms with Crippen LogP contribution in [-0.2, 0) is 4.79 Å². The number of nitrogens with two attached hydrogens (primary N) is 1. The molecule has 0 aromatic heterocycles. The lowest BCUT2D eigenvalue weighted by Gasteiger charge is -2.45. The summed E-state index contributed by atoms with van der Waals surface area (Å²) >= 11 is 0. The predicted octanol–water partition coefficient (Wildman–Crippen LogP) is 2.26. The standard InChI is InChI=1S/C17H17FN2O3/c1-22-13-7-6-10(8-14(13)23-2)16-15(19)17(21)20(16)12-5-3-4-11(18)9-12/h3-9,15-16H,19H2,1-2H3/t15-,16-/m0/s1. The lowest BCUT2D eigenvalue weighted by molar-refractivity contribution is -0.126. The molecule has 6 heteroatoms. The third-order valence-electron chi connectivity index (χ3n) is 3.98. The van der Waals surface area contributed by atoms with Crippen LogP contribution >= 0.6 is 0 Å². The van der Waals surface area contributed by atoms with Crippen molar-refractivity contribution < 1.29 is 18.7 Å². The summed E-state index contributed by atoms with van der Waals surface area (Å²) in [5.74, 6) is 0.501. The van der Waals surface area contributed by atoms with Crippen LogP contribution in [0.5, 0.6) is 11.5 Å². The van der Waals surface area contributed by atoms with Gasteiger partial charge in [-0.1, -0.05) is 12.1 Å². The molecule has 1 aliphatic rings. The smallest absolute Gasteiger partial charge is 0.247 e. The van der Waals surface area contributed by atoms with Crippen molar-refractivity contribution >= 4 is 11.6 Å². The summed E-state index contributed by atoms with van der Waals surface area (Å²) in [4.78, 5) is 13.7. The van der Waals surface area contributed by atoms with Crippen LogP contribution in [0.1, 0.15) is 11.6 Å². The Morgan fingerprint density at radius 2 is 1.83 bits per heavy atom. The maximum atomic E-state index is 13.5. The van der Waals surface area contributed by atoms with Gasteiger partial charge in [0.2, 0.25) is 5.91 Å². The van der Waals surface area contributed by atoms with E-state index < -0.39 is 11.9 Å². The molecule has 0 saturated carbocycles. The van der Waals surface area contributed by atoms with Gasteiger partial charge in [-0.05, 0) is 35.9 Å². The minimum Gasteiger partial charge on any atom is -0.493 e. The Hall–Kier alpha value is -2.60. The molecule has 1 amide bonds. The maximum absolute atomic E-state index is 13.5. The number of carbonyl (C=O) groups excluding carboxylic acids is 1. The number of halogens is 1.